The minimum Gasteiger partial charge on any atom is -0.360 e. The first-order valence-corrected chi connectivity index (χ1v) is 14.8. The Morgan fingerprint density at radius 1 is 0.927 bits per heavy atom. The van der Waals surface area contributed by atoms with E-state index in [2.05, 4.69) is 80.7 Å². The summed E-state index contributed by atoms with van der Waals surface area (Å²) >= 11 is 15.7. The van der Waals surface area contributed by atoms with Crippen molar-refractivity contribution in [1.82, 2.24) is 4.90 Å². The van der Waals surface area contributed by atoms with Crippen LogP contribution in [0.5, 0.6) is 0 Å². The highest BCUT2D eigenvalue weighted by atomic mass is 79.9. The van der Waals surface area contributed by atoms with Gasteiger partial charge in [0, 0.05) is 39.8 Å². The van der Waals surface area contributed by atoms with Gasteiger partial charge in [-0.3, -0.25) is 9.69 Å². The van der Waals surface area contributed by atoms with Crippen LogP contribution in [-0.4, -0.2) is 30.5 Å². The number of rotatable bonds is 8. The maximum Gasteiger partial charge on any atom is 0.250 e. The monoisotopic (exact) mass is 647 g/mol. The Kier molecular flexibility index (Phi) is 9.44. The molecule has 0 spiro atoms. The highest BCUT2D eigenvalue weighted by Gasteiger charge is 2.38. The summed E-state index contributed by atoms with van der Waals surface area (Å²) in [7, 11) is 0. The van der Waals surface area contributed by atoms with E-state index in [4.69, 9.17) is 27.9 Å². The molecule has 208 valence electrons. The van der Waals surface area contributed by atoms with Crippen LogP contribution in [0.15, 0.2) is 95.5 Å². The number of amides is 1. The van der Waals surface area contributed by atoms with Crippen molar-refractivity contribution in [2.75, 3.05) is 25.0 Å². The molecule has 0 unspecified atom stereocenters. The first-order valence-electron chi connectivity index (χ1n) is 13.3. The van der Waals surface area contributed by atoms with E-state index in [1.807, 2.05) is 18.2 Å². The Bertz CT molecular complexity index is 1540. The largest absolute Gasteiger partial charge is 0.360 e. The molecule has 1 heterocycles. The van der Waals surface area contributed by atoms with Crippen LogP contribution in [0.3, 0.4) is 0 Å². The number of nitrogens with one attached hydrogen (secondary N) is 1. The maximum absolute atomic E-state index is 12.9. The number of hydrogen-bond donors (Lipinski definition) is 1. The number of anilines is 1. The Hall–Kier alpha value is -3.18. The molecule has 8 heteroatoms. The zero-order chi connectivity index (χ0) is 28.8. The molecule has 5 nitrogen and oxygen atoms in total. The fourth-order valence-corrected chi connectivity index (χ4v) is 5.99. The van der Waals surface area contributed by atoms with E-state index in [1.54, 1.807) is 24.3 Å². The molecule has 1 aliphatic rings. The van der Waals surface area contributed by atoms with E-state index in [-0.39, 0.29) is 12.5 Å². The summed E-state index contributed by atoms with van der Waals surface area (Å²) in [4.78, 5) is 15.3. The van der Waals surface area contributed by atoms with Crippen LogP contribution in [-0.2, 0) is 21.7 Å². The predicted molar refractivity (Wildman–Crippen MR) is 168 cm³/mol. The number of halogens is 3. The van der Waals surface area contributed by atoms with Crippen molar-refractivity contribution in [2.24, 2.45) is 0 Å². The third-order valence-electron chi connectivity index (χ3n) is 7.35. The molecule has 1 amide bonds. The van der Waals surface area contributed by atoms with Gasteiger partial charge in [0.2, 0.25) is 5.91 Å². The lowest BCUT2D eigenvalue weighted by atomic mass is 9.83. The molecule has 0 atom stereocenters. The minimum absolute atomic E-state index is 0.108. The summed E-state index contributed by atoms with van der Waals surface area (Å²) in [6.07, 6.45) is 1.48. The Labute approximate surface area is 258 Å². The summed E-state index contributed by atoms with van der Waals surface area (Å²) in [5.41, 5.74) is 4.81. The number of ether oxygens (including phenoxy) is 1. The van der Waals surface area contributed by atoms with Crippen molar-refractivity contribution in [3.63, 3.8) is 0 Å². The van der Waals surface area contributed by atoms with Crippen molar-refractivity contribution in [2.45, 2.75) is 25.0 Å². The average molecular weight is 649 g/mol. The topological polar surface area (TPSA) is 65.4 Å². The first kappa shape index (κ1) is 29.3. The van der Waals surface area contributed by atoms with Gasteiger partial charge >= 0.3 is 0 Å². The van der Waals surface area contributed by atoms with Gasteiger partial charge in [0.25, 0.3) is 0 Å². The van der Waals surface area contributed by atoms with Gasteiger partial charge in [0.1, 0.15) is 6.61 Å². The highest BCUT2D eigenvalue weighted by Crippen LogP contribution is 2.38. The maximum atomic E-state index is 12.9. The van der Waals surface area contributed by atoms with Crippen LogP contribution in [0.4, 0.5) is 5.69 Å². The second-order valence-corrected chi connectivity index (χ2v) is 12.0. The van der Waals surface area contributed by atoms with Gasteiger partial charge in [-0.2, -0.15) is 5.26 Å². The molecular weight excluding hydrogens is 621 g/mol. The van der Waals surface area contributed by atoms with E-state index in [1.165, 1.54) is 5.56 Å². The average Bonchev–Trinajstić information content (AvgIpc) is 2.98. The molecule has 4 aromatic rings. The standard InChI is InChI=1S/C33H28BrCl2N3O2/c34-28-10-4-23(5-11-28)21-39-14-12-33(13-15-39,41-22-32(40)38-31-18-29(35)17-30(36)19-31)27-8-6-25(7-9-27)26-3-1-2-24(16-26)20-37/h1-11,16-19H,12-15,21-22H2,(H,38,40). The summed E-state index contributed by atoms with van der Waals surface area (Å²) in [6.45, 7) is 2.40. The molecule has 0 bridgehead atoms. The van der Waals surface area contributed by atoms with E-state index in [9.17, 15) is 10.1 Å². The second-order valence-electron chi connectivity index (χ2n) is 10.2. The summed E-state index contributed by atoms with van der Waals surface area (Å²) in [5.74, 6) is -0.273. The molecule has 41 heavy (non-hydrogen) atoms. The summed E-state index contributed by atoms with van der Waals surface area (Å²) in [5, 5.41) is 13.0. The zero-order valence-corrected chi connectivity index (χ0v) is 25.3. The molecular formula is C33H28BrCl2N3O2. The van der Waals surface area contributed by atoms with Crippen LogP contribution in [0, 0.1) is 11.3 Å². The quantitative estimate of drug-likeness (QED) is 0.208. The van der Waals surface area contributed by atoms with Crippen molar-refractivity contribution in [1.29, 1.82) is 5.26 Å². The molecule has 1 fully saturated rings. The number of likely N-dealkylation sites (tertiary alicyclic amines) is 1. The lowest BCUT2D eigenvalue weighted by molar-refractivity contribution is -0.135. The van der Waals surface area contributed by atoms with Gasteiger partial charge in [-0.05, 0) is 77.6 Å². The van der Waals surface area contributed by atoms with Crippen molar-refractivity contribution < 1.29 is 9.53 Å². The van der Waals surface area contributed by atoms with Gasteiger partial charge in [-0.1, -0.05) is 87.7 Å². The third kappa shape index (κ3) is 7.56. The van der Waals surface area contributed by atoms with Crippen LogP contribution in [0.1, 0.15) is 29.5 Å². The van der Waals surface area contributed by atoms with Gasteiger partial charge in [0.15, 0.2) is 0 Å². The van der Waals surface area contributed by atoms with E-state index in [0.29, 0.717) is 21.3 Å². The number of piperidine rings is 1. The molecule has 4 aromatic carbocycles. The van der Waals surface area contributed by atoms with E-state index >= 15 is 0 Å². The summed E-state index contributed by atoms with van der Waals surface area (Å²) in [6, 6.07) is 31.3. The molecule has 1 N–H and O–H groups in total. The zero-order valence-electron chi connectivity index (χ0n) is 22.2. The molecule has 0 radical (unpaired) electrons. The number of benzene rings is 4. The number of nitriles is 1. The smallest absolute Gasteiger partial charge is 0.250 e. The number of carbonyl (C=O) groups excluding carboxylic acids is 1. The Morgan fingerprint density at radius 3 is 2.27 bits per heavy atom. The van der Waals surface area contributed by atoms with Crippen molar-refractivity contribution >= 4 is 50.7 Å². The fraction of sp³-hybridized carbons (Fsp3) is 0.212. The number of nitrogens with zero attached hydrogens (tertiary/aromatic N) is 2. The predicted octanol–water partition coefficient (Wildman–Crippen LogP) is 8.44. The van der Waals surface area contributed by atoms with Gasteiger partial charge in [-0.25, -0.2) is 0 Å². The minimum atomic E-state index is -0.618. The lowest BCUT2D eigenvalue weighted by Crippen LogP contribution is -2.45. The molecule has 0 aliphatic carbocycles. The Morgan fingerprint density at radius 2 is 1.61 bits per heavy atom. The lowest BCUT2D eigenvalue weighted by Gasteiger charge is -2.42. The van der Waals surface area contributed by atoms with Gasteiger partial charge in [-0.15, -0.1) is 0 Å². The Balaban J connectivity index is 1.33. The van der Waals surface area contributed by atoms with E-state index < -0.39 is 5.60 Å². The van der Waals surface area contributed by atoms with Crippen LogP contribution >= 0.6 is 39.1 Å². The molecule has 5 rings (SSSR count). The van der Waals surface area contributed by atoms with Gasteiger partial charge < -0.3 is 10.1 Å². The number of hydrogen-bond acceptors (Lipinski definition) is 4. The van der Waals surface area contributed by atoms with E-state index in [0.717, 1.165) is 53.6 Å². The van der Waals surface area contributed by atoms with Crippen molar-refractivity contribution in [3.8, 4) is 17.2 Å². The molecule has 0 aromatic heterocycles. The third-order valence-corrected chi connectivity index (χ3v) is 8.31. The normalized spacial score (nSPS) is 14.8. The van der Waals surface area contributed by atoms with Gasteiger partial charge in [0.05, 0.1) is 17.2 Å². The highest BCUT2D eigenvalue weighted by molar-refractivity contribution is 9.10. The number of carbonyl (C=O) groups is 1. The van der Waals surface area contributed by atoms with Crippen LogP contribution < -0.4 is 5.32 Å². The molecule has 0 saturated carbocycles. The van der Waals surface area contributed by atoms with Crippen molar-refractivity contribution in [3.05, 3.63) is 122 Å². The first-order chi connectivity index (χ1) is 19.8. The second kappa shape index (κ2) is 13.2. The SMILES string of the molecule is N#Cc1cccc(-c2ccc(C3(OCC(=O)Nc4cc(Cl)cc(Cl)c4)CCN(Cc4ccc(Br)cc4)CC3)cc2)c1. The van der Waals surface area contributed by atoms with Crippen LogP contribution in [0.2, 0.25) is 10.0 Å². The van der Waals surface area contributed by atoms with Crippen LogP contribution in [0.25, 0.3) is 11.1 Å². The molecule has 1 aliphatic heterocycles. The fourth-order valence-electron chi connectivity index (χ4n) is 5.20. The summed E-state index contributed by atoms with van der Waals surface area (Å²) < 4.78 is 7.56. The molecule has 1 saturated heterocycles.